The van der Waals surface area contributed by atoms with Crippen LogP contribution in [0.4, 0.5) is 14.5 Å². The second-order valence-corrected chi connectivity index (χ2v) is 6.17. The second kappa shape index (κ2) is 7.90. The van der Waals surface area contributed by atoms with Crippen LogP contribution in [0.25, 0.3) is 0 Å². The number of benzene rings is 1. The molecule has 1 aromatic carbocycles. The molecule has 0 atom stereocenters. The molecule has 0 saturated carbocycles. The first-order valence-electron chi connectivity index (χ1n) is 7.15. The van der Waals surface area contributed by atoms with Gasteiger partial charge >= 0.3 is 0 Å². The number of aryl methyl sites for hydroxylation is 1. The van der Waals surface area contributed by atoms with Crippen molar-refractivity contribution in [3.05, 3.63) is 51.4 Å². The van der Waals surface area contributed by atoms with Crippen molar-refractivity contribution >= 4 is 23.4 Å². The zero-order chi connectivity index (χ0) is 18.6. The predicted octanol–water partition coefficient (Wildman–Crippen LogP) is 2.69. The summed E-state index contributed by atoms with van der Waals surface area (Å²) < 4.78 is 25.5. The van der Waals surface area contributed by atoms with Crippen molar-refractivity contribution in [2.24, 2.45) is 0 Å². The lowest BCUT2D eigenvalue weighted by atomic mass is 10.1. The Morgan fingerprint density at radius 3 is 2.56 bits per heavy atom. The molecule has 0 aliphatic rings. The molecule has 1 N–H and O–H groups in total. The molecular formula is C16H14F2N4O2S. The number of thioether (sulfide) groups is 1. The number of nitrogens with one attached hydrogen (secondary N) is 1. The third-order valence-electron chi connectivity index (χ3n) is 3.41. The predicted molar refractivity (Wildman–Crippen MR) is 89.6 cm³/mol. The molecule has 1 heterocycles. The molecule has 0 fully saturated rings. The quantitative estimate of drug-likeness (QED) is 0.824. The van der Waals surface area contributed by atoms with Crippen LogP contribution in [0, 0.1) is 25.2 Å². The van der Waals surface area contributed by atoms with Gasteiger partial charge in [-0.1, -0.05) is 11.8 Å². The molecular weight excluding hydrogens is 350 g/mol. The summed E-state index contributed by atoms with van der Waals surface area (Å²) in [4.78, 5) is 24.6. The number of nitrogens with zero attached hydrogens (tertiary/aromatic N) is 3. The first kappa shape index (κ1) is 18.6. The van der Waals surface area contributed by atoms with Crippen LogP contribution in [-0.4, -0.2) is 21.4 Å². The van der Waals surface area contributed by atoms with Gasteiger partial charge in [-0.2, -0.15) is 19.1 Å². The Balaban J connectivity index is 2.12. The zero-order valence-electron chi connectivity index (χ0n) is 13.4. The van der Waals surface area contributed by atoms with E-state index < -0.39 is 17.2 Å². The van der Waals surface area contributed by atoms with Gasteiger partial charge in [0.05, 0.1) is 5.69 Å². The molecule has 0 aliphatic heterocycles. The number of carbonyl (C=O) groups is 1. The molecule has 130 valence electrons. The highest BCUT2D eigenvalue weighted by atomic mass is 32.2. The van der Waals surface area contributed by atoms with E-state index in [0.29, 0.717) is 33.6 Å². The smallest absolute Gasteiger partial charge is 0.288 e. The summed E-state index contributed by atoms with van der Waals surface area (Å²) >= 11 is 0.406. The number of hydrogen-bond acceptors (Lipinski definition) is 5. The minimum atomic E-state index is -2.52. The second-order valence-electron chi connectivity index (χ2n) is 5.11. The van der Waals surface area contributed by atoms with Gasteiger partial charge in [0.1, 0.15) is 18.2 Å². The van der Waals surface area contributed by atoms with Crippen LogP contribution in [0.2, 0.25) is 0 Å². The Morgan fingerprint density at radius 1 is 1.36 bits per heavy atom. The summed E-state index contributed by atoms with van der Waals surface area (Å²) in [6.07, 6.45) is 0. The molecule has 0 spiro atoms. The van der Waals surface area contributed by atoms with Gasteiger partial charge in [0.2, 0.25) is 5.91 Å². The van der Waals surface area contributed by atoms with E-state index in [2.05, 4.69) is 10.4 Å². The third-order valence-corrected chi connectivity index (χ3v) is 4.13. The minimum absolute atomic E-state index is 0.0475. The van der Waals surface area contributed by atoms with E-state index in [4.69, 9.17) is 5.26 Å². The van der Waals surface area contributed by atoms with E-state index in [-0.39, 0.29) is 12.1 Å². The molecule has 6 nitrogen and oxygen atoms in total. The monoisotopic (exact) mass is 364 g/mol. The van der Waals surface area contributed by atoms with Crippen LogP contribution in [-0.2, 0) is 11.3 Å². The average Bonchev–Trinajstić information content (AvgIpc) is 2.54. The van der Waals surface area contributed by atoms with Gasteiger partial charge in [0.25, 0.3) is 11.3 Å². The Labute approximate surface area is 146 Å². The Hall–Kier alpha value is -2.73. The number of rotatable bonds is 5. The van der Waals surface area contributed by atoms with E-state index in [1.807, 2.05) is 6.07 Å². The zero-order valence-corrected chi connectivity index (χ0v) is 14.2. The maximum atomic E-state index is 12.3. The molecule has 0 bridgehead atoms. The first-order valence-corrected chi connectivity index (χ1v) is 8.03. The lowest BCUT2D eigenvalue weighted by molar-refractivity contribution is -0.117. The lowest BCUT2D eigenvalue weighted by Gasteiger charge is -2.10. The fourth-order valence-corrected chi connectivity index (χ4v) is 2.57. The molecule has 0 aliphatic carbocycles. The van der Waals surface area contributed by atoms with Gasteiger partial charge in [0.15, 0.2) is 0 Å². The maximum Gasteiger partial charge on any atom is 0.288 e. The molecule has 0 unspecified atom stereocenters. The fourth-order valence-electron chi connectivity index (χ4n) is 2.07. The van der Waals surface area contributed by atoms with Crippen molar-refractivity contribution in [1.82, 2.24) is 9.78 Å². The molecule has 25 heavy (non-hydrogen) atoms. The number of alkyl halides is 2. The summed E-state index contributed by atoms with van der Waals surface area (Å²) in [5.41, 5.74) is 0.688. The maximum absolute atomic E-state index is 12.3. The van der Waals surface area contributed by atoms with Gasteiger partial charge in [-0.15, -0.1) is 0 Å². The number of anilines is 1. The standard InChI is InChI=1S/C16H14F2N4O2S/c1-9-10(2)21-22(15(24)13(9)7-19)8-14(23)20-11-3-5-12(6-4-11)25-16(17)18/h3-6,16H,8H2,1-2H3,(H,20,23). The van der Waals surface area contributed by atoms with E-state index in [0.717, 1.165) is 4.68 Å². The first-order chi connectivity index (χ1) is 11.8. The lowest BCUT2D eigenvalue weighted by Crippen LogP contribution is -2.32. The van der Waals surface area contributed by atoms with Gasteiger partial charge in [-0.25, -0.2) is 4.68 Å². The topological polar surface area (TPSA) is 87.8 Å². The van der Waals surface area contributed by atoms with E-state index in [1.54, 1.807) is 13.8 Å². The highest BCUT2D eigenvalue weighted by Gasteiger charge is 2.14. The highest BCUT2D eigenvalue weighted by molar-refractivity contribution is 7.99. The van der Waals surface area contributed by atoms with Crippen molar-refractivity contribution in [3.8, 4) is 6.07 Å². The van der Waals surface area contributed by atoms with Crippen molar-refractivity contribution in [1.29, 1.82) is 5.26 Å². The Morgan fingerprint density at radius 2 is 2.00 bits per heavy atom. The summed E-state index contributed by atoms with van der Waals surface area (Å²) in [6.45, 7) is 2.90. The normalized spacial score (nSPS) is 10.6. The van der Waals surface area contributed by atoms with Crippen molar-refractivity contribution in [2.75, 3.05) is 5.32 Å². The third kappa shape index (κ3) is 4.64. The van der Waals surface area contributed by atoms with Crippen molar-refractivity contribution in [2.45, 2.75) is 31.0 Å². The van der Waals surface area contributed by atoms with Crippen LogP contribution in [0.5, 0.6) is 0 Å². The van der Waals surface area contributed by atoms with Gasteiger partial charge in [-0.05, 0) is 43.7 Å². The van der Waals surface area contributed by atoms with Crippen LogP contribution < -0.4 is 10.9 Å². The number of halogens is 2. The van der Waals surface area contributed by atoms with Crippen LogP contribution in [0.15, 0.2) is 34.0 Å². The van der Waals surface area contributed by atoms with Gasteiger partial charge < -0.3 is 5.32 Å². The highest BCUT2D eigenvalue weighted by Crippen LogP contribution is 2.26. The molecule has 0 saturated heterocycles. The fraction of sp³-hybridized carbons (Fsp3) is 0.250. The number of amides is 1. The summed E-state index contributed by atoms with van der Waals surface area (Å²) in [5.74, 6) is -3.03. The Kier molecular flexibility index (Phi) is 5.88. The molecule has 1 amide bonds. The van der Waals surface area contributed by atoms with Gasteiger partial charge in [-0.3, -0.25) is 9.59 Å². The number of aromatic nitrogens is 2. The largest absolute Gasteiger partial charge is 0.324 e. The Bertz CT molecular complexity index is 889. The van der Waals surface area contributed by atoms with Crippen LogP contribution in [0.1, 0.15) is 16.8 Å². The molecule has 2 rings (SSSR count). The van der Waals surface area contributed by atoms with E-state index in [9.17, 15) is 18.4 Å². The van der Waals surface area contributed by atoms with Crippen LogP contribution in [0.3, 0.4) is 0 Å². The van der Waals surface area contributed by atoms with Crippen molar-refractivity contribution < 1.29 is 13.6 Å². The molecule has 2 aromatic rings. The number of carbonyl (C=O) groups excluding carboxylic acids is 1. The number of hydrogen-bond donors (Lipinski definition) is 1. The average molecular weight is 364 g/mol. The summed E-state index contributed by atoms with van der Waals surface area (Å²) in [5, 5.41) is 15.6. The number of nitriles is 1. The van der Waals surface area contributed by atoms with E-state index in [1.165, 1.54) is 24.3 Å². The summed E-state index contributed by atoms with van der Waals surface area (Å²) in [6, 6.07) is 7.71. The molecule has 0 radical (unpaired) electrons. The van der Waals surface area contributed by atoms with Gasteiger partial charge in [0, 0.05) is 10.6 Å². The SMILES string of the molecule is Cc1nn(CC(=O)Nc2ccc(SC(F)F)cc2)c(=O)c(C#N)c1C. The molecule has 9 heteroatoms. The van der Waals surface area contributed by atoms with E-state index >= 15 is 0 Å². The summed E-state index contributed by atoms with van der Waals surface area (Å²) in [7, 11) is 0. The molecule has 1 aromatic heterocycles. The van der Waals surface area contributed by atoms with Crippen molar-refractivity contribution in [3.63, 3.8) is 0 Å². The minimum Gasteiger partial charge on any atom is -0.324 e. The van der Waals surface area contributed by atoms with Crippen LogP contribution >= 0.6 is 11.8 Å².